The molecule has 3 atom stereocenters. The fourth-order valence-electron chi connectivity index (χ4n) is 2.85. The minimum Gasteiger partial charge on any atom is -0.486 e. The molecule has 86 valence electrons. The first-order valence-corrected chi connectivity index (χ1v) is 5.81. The zero-order chi connectivity index (χ0) is 11.0. The third-order valence-corrected chi connectivity index (χ3v) is 3.63. The van der Waals surface area contributed by atoms with Crippen molar-refractivity contribution in [3.8, 4) is 5.75 Å². The first-order valence-electron chi connectivity index (χ1n) is 5.81. The summed E-state index contributed by atoms with van der Waals surface area (Å²) < 4.78 is 19.0. The van der Waals surface area contributed by atoms with Crippen LogP contribution in [0.25, 0.3) is 0 Å². The number of fused-ring (bicyclic) bond motifs is 1. The number of pyridine rings is 1. The highest BCUT2D eigenvalue weighted by Gasteiger charge is 2.38. The first kappa shape index (κ1) is 10.0. The van der Waals surface area contributed by atoms with Crippen LogP contribution in [-0.2, 0) is 0 Å². The molecule has 1 saturated carbocycles. The van der Waals surface area contributed by atoms with Gasteiger partial charge in [0.05, 0.1) is 6.10 Å². The largest absolute Gasteiger partial charge is 0.486 e. The van der Waals surface area contributed by atoms with Crippen molar-refractivity contribution >= 4 is 0 Å². The van der Waals surface area contributed by atoms with E-state index in [4.69, 9.17) is 4.74 Å². The van der Waals surface area contributed by atoms with Crippen molar-refractivity contribution in [3.05, 3.63) is 24.3 Å². The summed E-state index contributed by atoms with van der Waals surface area (Å²) in [5, 5.41) is 3.38. The Morgan fingerprint density at radius 1 is 1.31 bits per heavy atom. The Hall–Kier alpha value is -1.16. The molecule has 1 aromatic rings. The monoisotopic (exact) mass is 222 g/mol. The van der Waals surface area contributed by atoms with E-state index >= 15 is 0 Å². The molecule has 0 spiro atoms. The molecular formula is C12H15FN2O. The number of ether oxygens (including phenoxy) is 1. The highest BCUT2D eigenvalue weighted by Crippen LogP contribution is 2.36. The zero-order valence-electron chi connectivity index (χ0n) is 9.03. The van der Waals surface area contributed by atoms with Gasteiger partial charge >= 0.3 is 0 Å². The molecule has 1 aromatic heterocycles. The van der Waals surface area contributed by atoms with Crippen molar-refractivity contribution in [1.82, 2.24) is 10.3 Å². The van der Waals surface area contributed by atoms with Gasteiger partial charge in [-0.05, 0) is 49.9 Å². The number of hydrogen-bond acceptors (Lipinski definition) is 3. The second kappa shape index (κ2) is 4.01. The van der Waals surface area contributed by atoms with Crippen molar-refractivity contribution in [1.29, 1.82) is 0 Å². The minimum atomic E-state index is -0.502. The number of aromatic nitrogens is 1. The van der Waals surface area contributed by atoms with Gasteiger partial charge in [0.25, 0.3) is 5.95 Å². The molecule has 0 amide bonds. The van der Waals surface area contributed by atoms with Gasteiger partial charge in [-0.25, -0.2) is 4.98 Å². The Bertz CT molecular complexity index is 373. The van der Waals surface area contributed by atoms with Crippen LogP contribution in [-0.4, -0.2) is 24.2 Å². The Labute approximate surface area is 94.0 Å². The number of nitrogens with one attached hydrogen (secondary N) is 1. The summed E-state index contributed by atoms with van der Waals surface area (Å²) in [4.78, 5) is 3.59. The Kier molecular flexibility index (Phi) is 2.52. The van der Waals surface area contributed by atoms with E-state index in [1.807, 2.05) is 0 Å². The fourth-order valence-corrected chi connectivity index (χ4v) is 2.85. The van der Waals surface area contributed by atoms with Gasteiger partial charge in [0.15, 0.2) is 5.75 Å². The molecule has 1 unspecified atom stereocenters. The third-order valence-electron chi connectivity index (χ3n) is 3.63. The van der Waals surface area contributed by atoms with Crippen molar-refractivity contribution in [2.45, 2.75) is 18.9 Å². The van der Waals surface area contributed by atoms with Crippen LogP contribution in [0.4, 0.5) is 4.39 Å². The molecule has 0 bridgehead atoms. The lowest BCUT2D eigenvalue weighted by atomic mass is 10.0. The molecule has 1 N–H and O–H groups in total. The average Bonchev–Trinajstić information content (AvgIpc) is 2.81. The normalized spacial score (nSPS) is 32.7. The number of halogens is 1. The van der Waals surface area contributed by atoms with Gasteiger partial charge in [-0.2, -0.15) is 4.39 Å². The highest BCUT2D eigenvalue weighted by molar-refractivity contribution is 5.18. The standard InChI is InChI=1S/C12H15FN2O/c13-12-11(2-1-3-15-12)16-10-4-8-6-14-7-9(8)5-10/h1-3,8-10,14H,4-7H2/t8-,9+,10?. The molecule has 0 aromatic carbocycles. The predicted octanol–water partition coefficient (Wildman–Crippen LogP) is 1.60. The summed E-state index contributed by atoms with van der Waals surface area (Å²) in [5.41, 5.74) is 0. The van der Waals surface area contributed by atoms with E-state index in [1.165, 1.54) is 6.20 Å². The molecule has 2 fully saturated rings. The predicted molar refractivity (Wildman–Crippen MR) is 57.7 cm³/mol. The molecule has 1 aliphatic carbocycles. The molecule has 2 heterocycles. The highest BCUT2D eigenvalue weighted by atomic mass is 19.1. The molecular weight excluding hydrogens is 207 g/mol. The van der Waals surface area contributed by atoms with Crippen LogP contribution in [0.3, 0.4) is 0 Å². The smallest absolute Gasteiger partial charge is 0.255 e. The van der Waals surface area contributed by atoms with Crippen molar-refractivity contribution in [2.75, 3.05) is 13.1 Å². The second-order valence-electron chi connectivity index (χ2n) is 4.68. The van der Waals surface area contributed by atoms with Gasteiger partial charge < -0.3 is 10.1 Å². The van der Waals surface area contributed by atoms with Crippen LogP contribution < -0.4 is 10.1 Å². The second-order valence-corrected chi connectivity index (χ2v) is 4.68. The quantitative estimate of drug-likeness (QED) is 0.772. The summed E-state index contributed by atoms with van der Waals surface area (Å²) >= 11 is 0. The number of hydrogen-bond donors (Lipinski definition) is 1. The lowest BCUT2D eigenvalue weighted by molar-refractivity contribution is 0.188. The van der Waals surface area contributed by atoms with E-state index in [0.717, 1.165) is 25.9 Å². The number of rotatable bonds is 2. The van der Waals surface area contributed by atoms with E-state index in [-0.39, 0.29) is 6.10 Å². The first-order chi connectivity index (χ1) is 7.83. The van der Waals surface area contributed by atoms with Crippen molar-refractivity contribution in [2.24, 2.45) is 11.8 Å². The van der Waals surface area contributed by atoms with E-state index < -0.39 is 5.95 Å². The van der Waals surface area contributed by atoms with Crippen LogP contribution in [0.1, 0.15) is 12.8 Å². The van der Waals surface area contributed by atoms with Gasteiger partial charge in [-0.1, -0.05) is 0 Å². The summed E-state index contributed by atoms with van der Waals surface area (Å²) in [6, 6.07) is 3.35. The van der Waals surface area contributed by atoms with Crippen LogP contribution in [0, 0.1) is 17.8 Å². The van der Waals surface area contributed by atoms with Crippen LogP contribution >= 0.6 is 0 Å². The van der Waals surface area contributed by atoms with Gasteiger partial charge in [-0.3, -0.25) is 0 Å². The van der Waals surface area contributed by atoms with Crippen LogP contribution in [0.5, 0.6) is 5.75 Å². The maximum Gasteiger partial charge on any atom is 0.255 e. The molecule has 2 aliphatic rings. The molecule has 4 heteroatoms. The van der Waals surface area contributed by atoms with Gasteiger partial charge in [-0.15, -0.1) is 0 Å². The summed E-state index contributed by atoms with van der Waals surface area (Å²) in [6.45, 7) is 2.17. The van der Waals surface area contributed by atoms with Crippen LogP contribution in [0.15, 0.2) is 18.3 Å². The Morgan fingerprint density at radius 3 is 2.75 bits per heavy atom. The summed E-state index contributed by atoms with van der Waals surface area (Å²) in [7, 11) is 0. The minimum absolute atomic E-state index is 0.163. The average molecular weight is 222 g/mol. The van der Waals surface area contributed by atoms with E-state index in [9.17, 15) is 4.39 Å². The van der Waals surface area contributed by atoms with Gasteiger partial charge in [0.2, 0.25) is 0 Å². The van der Waals surface area contributed by atoms with Crippen molar-refractivity contribution < 1.29 is 9.13 Å². The summed E-state index contributed by atoms with van der Waals surface area (Å²) in [5.74, 6) is 1.22. The lowest BCUT2D eigenvalue weighted by Gasteiger charge is -2.14. The third kappa shape index (κ3) is 1.78. The molecule has 3 rings (SSSR count). The van der Waals surface area contributed by atoms with E-state index in [1.54, 1.807) is 12.1 Å². The van der Waals surface area contributed by atoms with E-state index in [2.05, 4.69) is 10.3 Å². The number of nitrogens with zero attached hydrogens (tertiary/aromatic N) is 1. The van der Waals surface area contributed by atoms with Crippen molar-refractivity contribution in [3.63, 3.8) is 0 Å². The summed E-state index contributed by atoms with van der Waals surface area (Å²) in [6.07, 6.45) is 3.67. The SMILES string of the molecule is Fc1ncccc1OC1C[C@H]2CNC[C@H]2C1. The van der Waals surface area contributed by atoms with Gasteiger partial charge in [0, 0.05) is 6.20 Å². The fraction of sp³-hybridized carbons (Fsp3) is 0.583. The Balaban J connectivity index is 1.66. The maximum absolute atomic E-state index is 13.3. The van der Waals surface area contributed by atoms with Crippen LogP contribution in [0.2, 0.25) is 0 Å². The maximum atomic E-state index is 13.3. The molecule has 0 radical (unpaired) electrons. The Morgan fingerprint density at radius 2 is 2.06 bits per heavy atom. The topological polar surface area (TPSA) is 34.1 Å². The zero-order valence-corrected chi connectivity index (χ0v) is 9.03. The molecule has 1 aliphatic heterocycles. The van der Waals surface area contributed by atoms with Gasteiger partial charge in [0.1, 0.15) is 0 Å². The van der Waals surface area contributed by atoms with E-state index in [0.29, 0.717) is 17.6 Å². The molecule has 16 heavy (non-hydrogen) atoms. The molecule has 3 nitrogen and oxygen atoms in total. The molecule has 1 saturated heterocycles. The lowest BCUT2D eigenvalue weighted by Crippen LogP contribution is -2.19.